The van der Waals surface area contributed by atoms with E-state index < -0.39 is 0 Å². The molecule has 1 atom stereocenters. The van der Waals surface area contributed by atoms with Gasteiger partial charge in [0.15, 0.2) is 0 Å². The van der Waals surface area contributed by atoms with Crippen LogP contribution in [0.1, 0.15) is 31.2 Å². The number of ether oxygens (including phenoxy) is 1. The zero-order valence-corrected chi connectivity index (χ0v) is 11.8. The van der Waals surface area contributed by atoms with Crippen LogP contribution < -0.4 is 5.56 Å². The Morgan fingerprint density at radius 3 is 3.10 bits per heavy atom. The van der Waals surface area contributed by atoms with Gasteiger partial charge < -0.3 is 4.74 Å². The van der Waals surface area contributed by atoms with Gasteiger partial charge in [0.2, 0.25) is 0 Å². The van der Waals surface area contributed by atoms with Crippen molar-refractivity contribution in [2.24, 2.45) is 0 Å². The number of fused-ring (bicyclic) bond motifs is 1. The molecule has 0 N–H and O–H groups in total. The quantitative estimate of drug-likeness (QED) is 0.863. The SMILES string of the molecule is Cc1ccc2c(=O)n(CCC3CCCCO3)cnc2c1. The normalized spacial score (nSPS) is 19.4. The highest BCUT2D eigenvalue weighted by Crippen LogP contribution is 2.16. The van der Waals surface area contributed by atoms with Gasteiger partial charge in [-0.25, -0.2) is 4.98 Å². The van der Waals surface area contributed by atoms with Crippen LogP contribution in [-0.2, 0) is 11.3 Å². The summed E-state index contributed by atoms with van der Waals surface area (Å²) in [5.74, 6) is 0. The highest BCUT2D eigenvalue weighted by Gasteiger charge is 2.14. The van der Waals surface area contributed by atoms with Gasteiger partial charge in [0, 0.05) is 13.2 Å². The first-order valence-electron chi connectivity index (χ1n) is 7.31. The van der Waals surface area contributed by atoms with E-state index in [0.717, 1.165) is 36.9 Å². The Hall–Kier alpha value is -1.68. The van der Waals surface area contributed by atoms with Crippen molar-refractivity contribution in [3.05, 3.63) is 40.4 Å². The van der Waals surface area contributed by atoms with Crippen molar-refractivity contribution in [3.63, 3.8) is 0 Å². The third-order valence-electron chi connectivity index (χ3n) is 3.95. The van der Waals surface area contributed by atoms with Crippen LogP contribution in [0.4, 0.5) is 0 Å². The smallest absolute Gasteiger partial charge is 0.261 e. The average molecular weight is 272 g/mol. The standard InChI is InChI=1S/C16H20N2O2/c1-12-5-6-14-15(10-12)17-11-18(16(14)19)8-7-13-4-2-3-9-20-13/h5-6,10-11,13H,2-4,7-9H2,1H3. The maximum absolute atomic E-state index is 12.4. The van der Waals surface area contributed by atoms with Gasteiger partial charge in [-0.1, -0.05) is 6.07 Å². The number of nitrogens with zero attached hydrogens (tertiary/aromatic N) is 2. The van der Waals surface area contributed by atoms with Crippen LogP contribution in [0.2, 0.25) is 0 Å². The first-order chi connectivity index (χ1) is 9.74. The molecule has 0 spiro atoms. The molecule has 1 unspecified atom stereocenters. The van der Waals surface area contributed by atoms with Crippen LogP contribution in [0.3, 0.4) is 0 Å². The van der Waals surface area contributed by atoms with Gasteiger partial charge >= 0.3 is 0 Å². The van der Waals surface area contributed by atoms with E-state index in [4.69, 9.17) is 4.74 Å². The summed E-state index contributed by atoms with van der Waals surface area (Å²) < 4.78 is 7.41. The third kappa shape index (κ3) is 2.75. The lowest BCUT2D eigenvalue weighted by Crippen LogP contribution is -2.25. The van der Waals surface area contributed by atoms with Crippen LogP contribution in [0.5, 0.6) is 0 Å². The lowest BCUT2D eigenvalue weighted by atomic mass is 10.1. The van der Waals surface area contributed by atoms with Crippen LogP contribution in [-0.4, -0.2) is 22.3 Å². The molecule has 1 fully saturated rings. The fourth-order valence-electron chi connectivity index (χ4n) is 2.75. The van der Waals surface area contributed by atoms with Gasteiger partial charge in [0.05, 0.1) is 23.3 Å². The third-order valence-corrected chi connectivity index (χ3v) is 3.95. The van der Waals surface area contributed by atoms with Crippen molar-refractivity contribution in [2.45, 2.75) is 45.3 Å². The van der Waals surface area contributed by atoms with Crippen molar-refractivity contribution in [2.75, 3.05) is 6.61 Å². The van der Waals surface area contributed by atoms with Gasteiger partial charge in [-0.3, -0.25) is 9.36 Å². The first kappa shape index (κ1) is 13.3. The van der Waals surface area contributed by atoms with Gasteiger partial charge in [0.1, 0.15) is 0 Å². The fraction of sp³-hybridized carbons (Fsp3) is 0.500. The summed E-state index contributed by atoms with van der Waals surface area (Å²) in [7, 11) is 0. The summed E-state index contributed by atoms with van der Waals surface area (Å²) in [6.45, 7) is 3.54. The van der Waals surface area contributed by atoms with Crippen LogP contribution in [0, 0.1) is 6.92 Å². The predicted octanol–water partition coefficient (Wildman–Crippen LogP) is 2.66. The summed E-state index contributed by atoms with van der Waals surface area (Å²) in [5.41, 5.74) is 1.95. The second-order valence-electron chi connectivity index (χ2n) is 5.54. The molecule has 3 rings (SSSR count). The zero-order valence-electron chi connectivity index (χ0n) is 11.8. The molecule has 1 aromatic carbocycles. The van der Waals surface area contributed by atoms with E-state index in [1.807, 2.05) is 25.1 Å². The highest BCUT2D eigenvalue weighted by molar-refractivity contribution is 5.77. The van der Waals surface area contributed by atoms with Crippen LogP contribution in [0.15, 0.2) is 29.3 Å². The predicted molar refractivity (Wildman–Crippen MR) is 78.9 cm³/mol. The number of rotatable bonds is 3. The van der Waals surface area contributed by atoms with E-state index in [0.29, 0.717) is 18.0 Å². The van der Waals surface area contributed by atoms with Gasteiger partial charge in [0.25, 0.3) is 5.56 Å². The molecule has 0 radical (unpaired) electrons. The van der Waals surface area contributed by atoms with E-state index in [-0.39, 0.29) is 5.56 Å². The van der Waals surface area contributed by atoms with E-state index in [1.54, 1.807) is 10.9 Å². The summed E-state index contributed by atoms with van der Waals surface area (Å²) in [5, 5.41) is 0.697. The maximum atomic E-state index is 12.4. The van der Waals surface area contributed by atoms with Gasteiger partial charge in [-0.05, 0) is 50.3 Å². The Kier molecular flexibility index (Phi) is 3.83. The Bertz CT molecular complexity index is 657. The summed E-state index contributed by atoms with van der Waals surface area (Å²) >= 11 is 0. The highest BCUT2D eigenvalue weighted by atomic mass is 16.5. The Balaban J connectivity index is 1.79. The van der Waals surface area contributed by atoms with Gasteiger partial charge in [-0.15, -0.1) is 0 Å². The summed E-state index contributed by atoms with van der Waals surface area (Å²) in [4.78, 5) is 16.8. The molecule has 0 amide bonds. The molecule has 0 bridgehead atoms. The molecular formula is C16H20N2O2. The zero-order chi connectivity index (χ0) is 13.9. The van der Waals surface area contributed by atoms with Crippen molar-refractivity contribution < 1.29 is 4.74 Å². The second kappa shape index (κ2) is 5.75. The minimum Gasteiger partial charge on any atom is -0.378 e. The number of hydrogen-bond donors (Lipinski definition) is 0. The first-order valence-corrected chi connectivity index (χ1v) is 7.31. The topological polar surface area (TPSA) is 44.1 Å². The van der Waals surface area contributed by atoms with Crippen molar-refractivity contribution in [3.8, 4) is 0 Å². The number of aromatic nitrogens is 2. The minimum atomic E-state index is 0.0470. The molecule has 106 valence electrons. The molecule has 4 nitrogen and oxygen atoms in total. The van der Waals surface area contributed by atoms with Crippen molar-refractivity contribution in [1.29, 1.82) is 0 Å². The van der Waals surface area contributed by atoms with Crippen molar-refractivity contribution in [1.82, 2.24) is 9.55 Å². The summed E-state index contributed by atoms with van der Waals surface area (Å²) in [6.07, 6.45) is 6.34. The molecular weight excluding hydrogens is 252 g/mol. The molecule has 1 aliphatic rings. The van der Waals surface area contributed by atoms with E-state index in [1.165, 1.54) is 6.42 Å². The molecule has 2 aromatic rings. The van der Waals surface area contributed by atoms with Crippen LogP contribution >= 0.6 is 0 Å². The average Bonchev–Trinajstić information content (AvgIpc) is 2.47. The molecule has 1 aromatic heterocycles. The van der Waals surface area contributed by atoms with Crippen LogP contribution in [0.25, 0.3) is 10.9 Å². The lowest BCUT2D eigenvalue weighted by Gasteiger charge is -2.22. The minimum absolute atomic E-state index is 0.0470. The molecule has 0 aliphatic carbocycles. The number of hydrogen-bond acceptors (Lipinski definition) is 3. The van der Waals surface area contributed by atoms with Crippen molar-refractivity contribution >= 4 is 10.9 Å². The largest absolute Gasteiger partial charge is 0.378 e. The summed E-state index contributed by atoms with van der Waals surface area (Å²) in [6, 6.07) is 5.78. The van der Waals surface area contributed by atoms with E-state index in [2.05, 4.69) is 4.98 Å². The van der Waals surface area contributed by atoms with E-state index >= 15 is 0 Å². The fourth-order valence-corrected chi connectivity index (χ4v) is 2.75. The Morgan fingerprint density at radius 1 is 1.40 bits per heavy atom. The molecule has 4 heteroatoms. The monoisotopic (exact) mass is 272 g/mol. The maximum Gasteiger partial charge on any atom is 0.261 e. The molecule has 1 aliphatic heterocycles. The molecule has 0 saturated carbocycles. The van der Waals surface area contributed by atoms with E-state index in [9.17, 15) is 4.79 Å². The molecule has 2 heterocycles. The Morgan fingerprint density at radius 2 is 2.30 bits per heavy atom. The molecule has 20 heavy (non-hydrogen) atoms. The second-order valence-corrected chi connectivity index (χ2v) is 5.54. The number of aryl methyl sites for hydroxylation is 2. The molecule has 1 saturated heterocycles. The number of benzene rings is 1. The van der Waals surface area contributed by atoms with Gasteiger partial charge in [-0.2, -0.15) is 0 Å². The lowest BCUT2D eigenvalue weighted by molar-refractivity contribution is 0.00864. The Labute approximate surface area is 118 Å².